The van der Waals surface area contributed by atoms with Gasteiger partial charge in [0, 0.05) is 6.04 Å². The molecule has 0 saturated heterocycles. The topological polar surface area (TPSA) is 84.2 Å². The molecule has 21 heavy (non-hydrogen) atoms. The van der Waals surface area contributed by atoms with E-state index in [1.165, 1.54) is 22.8 Å². The number of rotatable bonds is 3. The molecule has 110 valence electrons. The number of hydrogen-bond donors (Lipinski definition) is 2. The van der Waals surface area contributed by atoms with Crippen molar-refractivity contribution in [1.29, 1.82) is 0 Å². The molecule has 7 heteroatoms. The molecule has 0 spiro atoms. The molecule has 0 aliphatic heterocycles. The number of amides is 1. The predicted octanol–water partition coefficient (Wildman–Crippen LogP) is 2.20. The van der Waals surface area contributed by atoms with Crippen LogP contribution in [0.3, 0.4) is 0 Å². The maximum atomic E-state index is 13.3. The Morgan fingerprint density at radius 1 is 1.52 bits per heavy atom. The van der Waals surface area contributed by atoms with E-state index in [4.69, 9.17) is 5.11 Å². The molecule has 1 heterocycles. The molecule has 0 unspecified atom stereocenters. The lowest BCUT2D eigenvalue weighted by Crippen LogP contribution is -2.32. The van der Waals surface area contributed by atoms with Crippen LogP contribution in [0.4, 0.5) is 9.18 Å². The predicted molar refractivity (Wildman–Crippen MR) is 73.8 cm³/mol. The van der Waals surface area contributed by atoms with E-state index in [1.807, 2.05) is 0 Å². The molecule has 1 fully saturated rings. The summed E-state index contributed by atoms with van der Waals surface area (Å²) in [6.45, 7) is 1.63. The Balaban J connectivity index is 2.23. The molecule has 0 bridgehead atoms. The van der Waals surface area contributed by atoms with E-state index in [0.717, 1.165) is 12.8 Å². The third-order valence-corrected chi connectivity index (χ3v) is 3.53. The van der Waals surface area contributed by atoms with Crippen LogP contribution < -0.4 is 10.9 Å². The van der Waals surface area contributed by atoms with Gasteiger partial charge < -0.3 is 10.4 Å². The lowest BCUT2D eigenvalue weighted by molar-refractivity contribution is 0.190. The summed E-state index contributed by atoms with van der Waals surface area (Å²) < 4.78 is 14.8. The van der Waals surface area contributed by atoms with E-state index in [-0.39, 0.29) is 17.0 Å². The highest BCUT2D eigenvalue weighted by atomic mass is 19.1. The quantitative estimate of drug-likeness (QED) is 0.908. The van der Waals surface area contributed by atoms with Gasteiger partial charge in [-0.15, -0.1) is 0 Å². The highest BCUT2D eigenvalue weighted by Crippen LogP contribution is 2.35. The molecule has 2 N–H and O–H groups in total. The van der Waals surface area contributed by atoms with Crippen LogP contribution >= 0.6 is 0 Å². The summed E-state index contributed by atoms with van der Waals surface area (Å²) in [7, 11) is 0. The molecular weight excluding hydrogens is 277 g/mol. The first kappa shape index (κ1) is 13.5. The molecule has 1 amide bonds. The van der Waals surface area contributed by atoms with Crippen molar-refractivity contribution < 1.29 is 14.3 Å². The van der Waals surface area contributed by atoms with Gasteiger partial charge in [0.05, 0.1) is 16.9 Å². The first-order valence-corrected chi connectivity index (χ1v) is 6.68. The van der Waals surface area contributed by atoms with E-state index in [9.17, 15) is 14.0 Å². The number of carbonyl (C=O) groups is 1. The third-order valence-electron chi connectivity index (χ3n) is 3.53. The maximum absolute atomic E-state index is 13.3. The molecule has 0 radical (unpaired) electrons. The van der Waals surface area contributed by atoms with Gasteiger partial charge in [-0.2, -0.15) is 0 Å². The molecular formula is C14H14FN3O3. The van der Waals surface area contributed by atoms with Gasteiger partial charge in [0.25, 0.3) is 5.56 Å². The van der Waals surface area contributed by atoms with Crippen LogP contribution in [0.2, 0.25) is 0 Å². The number of halogens is 1. The van der Waals surface area contributed by atoms with E-state index in [0.29, 0.717) is 11.3 Å². The van der Waals surface area contributed by atoms with Crippen molar-refractivity contribution in [2.24, 2.45) is 0 Å². The van der Waals surface area contributed by atoms with Gasteiger partial charge in [-0.1, -0.05) is 0 Å². The zero-order valence-electron chi connectivity index (χ0n) is 11.3. The van der Waals surface area contributed by atoms with Crippen molar-refractivity contribution >= 4 is 17.0 Å². The van der Waals surface area contributed by atoms with E-state index in [1.54, 1.807) is 6.92 Å². The van der Waals surface area contributed by atoms with Crippen molar-refractivity contribution in [3.8, 4) is 0 Å². The number of aromatic nitrogens is 2. The lowest BCUT2D eigenvalue weighted by Gasteiger charge is -2.18. The summed E-state index contributed by atoms with van der Waals surface area (Å²) in [5.41, 5.74) is 0.0448. The number of benzene rings is 1. The molecule has 1 aromatic carbocycles. The van der Waals surface area contributed by atoms with Crippen molar-refractivity contribution in [1.82, 2.24) is 14.9 Å². The number of nitrogens with one attached hydrogen (secondary N) is 1. The van der Waals surface area contributed by atoms with Gasteiger partial charge in [-0.05, 0) is 38.0 Å². The molecule has 6 nitrogen and oxygen atoms in total. The first-order valence-electron chi connectivity index (χ1n) is 6.68. The molecule has 1 aliphatic rings. The van der Waals surface area contributed by atoms with Crippen molar-refractivity contribution in [2.45, 2.75) is 31.8 Å². The zero-order chi connectivity index (χ0) is 15.1. The highest BCUT2D eigenvalue weighted by molar-refractivity contribution is 5.77. The summed E-state index contributed by atoms with van der Waals surface area (Å²) in [6, 6.07) is 3.23. The average Bonchev–Trinajstić information content (AvgIpc) is 3.22. The number of carboxylic acid groups (broad SMARTS) is 1. The monoisotopic (exact) mass is 291 g/mol. The molecule has 1 aliphatic carbocycles. The fourth-order valence-electron chi connectivity index (χ4n) is 2.43. The van der Waals surface area contributed by atoms with Crippen LogP contribution in [0.15, 0.2) is 23.0 Å². The Morgan fingerprint density at radius 3 is 2.86 bits per heavy atom. The van der Waals surface area contributed by atoms with Gasteiger partial charge >= 0.3 is 6.09 Å². The maximum Gasteiger partial charge on any atom is 0.405 e. The van der Waals surface area contributed by atoms with Crippen molar-refractivity contribution in [3.05, 3.63) is 40.2 Å². The van der Waals surface area contributed by atoms with Crippen LogP contribution in [0, 0.1) is 5.82 Å². The van der Waals surface area contributed by atoms with Crippen LogP contribution in [-0.2, 0) is 0 Å². The van der Waals surface area contributed by atoms with Gasteiger partial charge in [0.1, 0.15) is 11.6 Å². The highest BCUT2D eigenvalue weighted by Gasteiger charge is 2.30. The van der Waals surface area contributed by atoms with Gasteiger partial charge in [0.2, 0.25) is 0 Å². The molecule has 3 rings (SSSR count). The average molecular weight is 291 g/mol. The SMILES string of the molecule is C[C@H](NC(=O)O)c1nc2ccc(F)cc2c(=O)n1C1CC1. The largest absolute Gasteiger partial charge is 0.465 e. The smallest absolute Gasteiger partial charge is 0.405 e. The van der Waals surface area contributed by atoms with Crippen LogP contribution in [0.25, 0.3) is 10.9 Å². The fourth-order valence-corrected chi connectivity index (χ4v) is 2.43. The van der Waals surface area contributed by atoms with E-state index in [2.05, 4.69) is 10.3 Å². The van der Waals surface area contributed by atoms with Gasteiger partial charge in [0.15, 0.2) is 0 Å². The van der Waals surface area contributed by atoms with E-state index < -0.39 is 18.0 Å². The molecule has 1 aromatic heterocycles. The lowest BCUT2D eigenvalue weighted by atomic mass is 10.2. The van der Waals surface area contributed by atoms with Gasteiger partial charge in [-0.3, -0.25) is 9.36 Å². The third kappa shape index (κ3) is 2.46. The molecule has 2 aromatic rings. The van der Waals surface area contributed by atoms with Crippen LogP contribution in [0.1, 0.15) is 37.7 Å². The summed E-state index contributed by atoms with van der Waals surface area (Å²) in [6.07, 6.45) is 0.503. The summed E-state index contributed by atoms with van der Waals surface area (Å²) in [5, 5.41) is 11.4. The second kappa shape index (κ2) is 4.83. The summed E-state index contributed by atoms with van der Waals surface area (Å²) >= 11 is 0. The zero-order valence-corrected chi connectivity index (χ0v) is 11.3. The Hall–Kier alpha value is -2.44. The summed E-state index contributed by atoms with van der Waals surface area (Å²) in [4.78, 5) is 27.7. The van der Waals surface area contributed by atoms with Gasteiger partial charge in [-0.25, -0.2) is 14.2 Å². The van der Waals surface area contributed by atoms with Crippen LogP contribution in [-0.4, -0.2) is 20.8 Å². The van der Waals surface area contributed by atoms with E-state index >= 15 is 0 Å². The minimum Gasteiger partial charge on any atom is -0.465 e. The Labute approximate surface area is 119 Å². The number of nitrogens with zero attached hydrogens (tertiary/aromatic N) is 2. The number of hydrogen-bond acceptors (Lipinski definition) is 3. The minimum absolute atomic E-state index is 0.0192. The summed E-state index contributed by atoms with van der Waals surface area (Å²) in [5.74, 6) is -0.128. The second-order valence-corrected chi connectivity index (χ2v) is 5.21. The molecule has 1 atom stereocenters. The normalized spacial score (nSPS) is 15.9. The first-order chi connectivity index (χ1) is 9.97. The Kier molecular flexibility index (Phi) is 3.12. The van der Waals surface area contributed by atoms with Crippen molar-refractivity contribution in [3.63, 3.8) is 0 Å². The Morgan fingerprint density at radius 2 is 2.24 bits per heavy atom. The Bertz CT molecular complexity index is 783. The second-order valence-electron chi connectivity index (χ2n) is 5.21. The standard InChI is InChI=1S/C14H14FN3O3/c1-7(16-14(20)21)12-17-11-5-2-8(15)6-10(11)13(19)18(12)9-3-4-9/h2,5-7,9,16H,3-4H2,1H3,(H,20,21)/t7-/m0/s1. The minimum atomic E-state index is -1.18. The fraction of sp³-hybridized carbons (Fsp3) is 0.357. The molecule has 1 saturated carbocycles. The van der Waals surface area contributed by atoms with Crippen LogP contribution in [0.5, 0.6) is 0 Å². The number of fused-ring (bicyclic) bond motifs is 1. The van der Waals surface area contributed by atoms with Crippen molar-refractivity contribution in [2.75, 3.05) is 0 Å².